The van der Waals surface area contributed by atoms with Gasteiger partial charge in [-0.2, -0.15) is 12.6 Å². The quantitative estimate of drug-likeness (QED) is 0.715. The number of hydrogen-bond donors (Lipinski definition) is 1. The van der Waals surface area contributed by atoms with Crippen molar-refractivity contribution in [2.24, 2.45) is 0 Å². The van der Waals surface area contributed by atoms with Crippen molar-refractivity contribution in [2.45, 2.75) is 44.8 Å². The summed E-state index contributed by atoms with van der Waals surface area (Å²) < 4.78 is 1.38. The molecule has 0 N–H and O–H groups in total. The summed E-state index contributed by atoms with van der Waals surface area (Å²) in [6.07, 6.45) is 1.88. The summed E-state index contributed by atoms with van der Waals surface area (Å²) in [5.41, 5.74) is 3.22. The highest BCUT2D eigenvalue weighted by atomic mass is 32.1. The number of hydrogen-bond acceptors (Lipinski definition) is 4. The third-order valence-corrected chi connectivity index (χ3v) is 4.12. The Labute approximate surface area is 142 Å². The second kappa shape index (κ2) is 5.34. The van der Waals surface area contributed by atoms with E-state index in [1.54, 1.807) is 4.68 Å². The third kappa shape index (κ3) is 3.24. The minimum Gasteiger partial charge on any atom is -0.229 e. The molecule has 0 aliphatic carbocycles. The van der Waals surface area contributed by atoms with Crippen LogP contribution in [0.2, 0.25) is 0 Å². The molecule has 0 amide bonds. The van der Waals surface area contributed by atoms with Crippen LogP contribution >= 0.6 is 12.6 Å². The lowest BCUT2D eigenvalue weighted by molar-refractivity contribution is 0.591. The molecule has 0 aliphatic rings. The molecule has 3 rings (SSSR count). The second-order valence-electron chi connectivity index (χ2n) is 7.43. The molecule has 0 atom stereocenters. The van der Waals surface area contributed by atoms with Crippen LogP contribution in [0.5, 0.6) is 0 Å². The Hall–Kier alpha value is -1.88. The van der Waals surface area contributed by atoms with Gasteiger partial charge in [-0.15, -0.1) is 5.10 Å². The van der Waals surface area contributed by atoms with Crippen molar-refractivity contribution in [1.82, 2.24) is 20.0 Å². The predicted octanol–water partition coefficient (Wildman–Crippen LogP) is 4.28. The van der Waals surface area contributed by atoms with Crippen molar-refractivity contribution < 1.29 is 0 Å². The molecule has 0 aliphatic heterocycles. The Bertz CT molecular complexity index is 853. The maximum absolute atomic E-state index is 4.70. The van der Waals surface area contributed by atoms with Gasteiger partial charge in [0.15, 0.2) is 5.82 Å². The highest BCUT2D eigenvalue weighted by molar-refractivity contribution is 7.81. The van der Waals surface area contributed by atoms with E-state index in [0.29, 0.717) is 0 Å². The van der Waals surface area contributed by atoms with Crippen LogP contribution in [0.1, 0.15) is 45.9 Å². The van der Waals surface area contributed by atoms with Crippen LogP contribution in [0.4, 0.5) is 0 Å². The number of pyridine rings is 1. The highest BCUT2D eigenvalue weighted by Crippen LogP contribution is 2.27. The smallest absolute Gasteiger partial charge is 0.155 e. The number of rotatable bonds is 2. The lowest BCUT2D eigenvalue weighted by atomic mass is 9.86. The van der Waals surface area contributed by atoms with Gasteiger partial charge in [-0.25, -0.2) is 9.67 Å². The van der Waals surface area contributed by atoms with Gasteiger partial charge in [0, 0.05) is 5.39 Å². The fraction of sp³-hybridized carbons (Fsp3) is 0.389. The van der Waals surface area contributed by atoms with Gasteiger partial charge in [0.2, 0.25) is 0 Å². The van der Waals surface area contributed by atoms with Crippen molar-refractivity contribution in [3.8, 4) is 5.82 Å². The molecule has 0 saturated carbocycles. The molecule has 0 spiro atoms. The van der Waals surface area contributed by atoms with Crippen LogP contribution in [0.25, 0.3) is 16.7 Å². The summed E-state index contributed by atoms with van der Waals surface area (Å²) >= 11 is 4.53. The maximum atomic E-state index is 4.70. The number of fused-ring (bicyclic) bond motifs is 1. The lowest BCUT2D eigenvalue weighted by Crippen LogP contribution is -2.10. The van der Waals surface area contributed by atoms with E-state index in [-0.39, 0.29) is 10.2 Å². The average molecular weight is 326 g/mol. The molecule has 0 bridgehead atoms. The Morgan fingerprint density at radius 3 is 2.35 bits per heavy atom. The van der Waals surface area contributed by atoms with E-state index in [0.717, 1.165) is 22.4 Å². The topological polar surface area (TPSA) is 43.6 Å². The highest BCUT2D eigenvalue weighted by Gasteiger charge is 2.19. The van der Waals surface area contributed by atoms with Crippen molar-refractivity contribution in [3.05, 3.63) is 47.8 Å². The Morgan fingerprint density at radius 2 is 1.74 bits per heavy atom. The number of nitrogens with zero attached hydrogens (tertiary/aromatic N) is 4. The predicted molar refractivity (Wildman–Crippen MR) is 97.4 cm³/mol. The minimum atomic E-state index is -0.323. The van der Waals surface area contributed by atoms with E-state index in [2.05, 4.69) is 68.0 Å². The fourth-order valence-electron chi connectivity index (χ4n) is 2.37. The number of thiol groups is 1. The third-order valence-electron chi connectivity index (χ3n) is 3.90. The summed E-state index contributed by atoms with van der Waals surface area (Å²) in [5.74, 6) is 0.761. The summed E-state index contributed by atoms with van der Waals surface area (Å²) in [6.45, 7) is 10.6. The van der Waals surface area contributed by atoms with Gasteiger partial charge in [0.1, 0.15) is 0 Å². The van der Waals surface area contributed by atoms with E-state index in [1.807, 2.05) is 26.1 Å². The minimum absolute atomic E-state index is 0.131. The Kier molecular flexibility index (Phi) is 3.71. The summed E-state index contributed by atoms with van der Waals surface area (Å²) in [5, 5.41) is 9.49. The molecule has 0 fully saturated rings. The standard InChI is InChI=1S/C18H22N4S/c1-17(2,3)13-7-8-14-12(10-13)6-9-16(19-14)22-11-15(20-21-22)18(4,5)23/h6-11,23H,1-5H3. The molecule has 0 saturated heterocycles. The van der Waals surface area contributed by atoms with Crippen molar-refractivity contribution >= 4 is 23.5 Å². The van der Waals surface area contributed by atoms with Crippen LogP contribution < -0.4 is 0 Å². The van der Waals surface area contributed by atoms with Gasteiger partial charge in [-0.1, -0.05) is 32.1 Å². The van der Waals surface area contributed by atoms with Gasteiger partial charge in [0.25, 0.3) is 0 Å². The number of benzene rings is 1. The summed E-state index contributed by atoms with van der Waals surface area (Å²) in [6, 6.07) is 10.5. The molecule has 2 aromatic heterocycles. The SMILES string of the molecule is CC(C)(C)c1ccc2nc(-n3cc(C(C)(C)S)nn3)ccc2c1. The van der Waals surface area contributed by atoms with Crippen molar-refractivity contribution in [1.29, 1.82) is 0 Å². The molecule has 5 heteroatoms. The molecule has 23 heavy (non-hydrogen) atoms. The normalized spacial score (nSPS) is 12.8. The van der Waals surface area contributed by atoms with Crippen molar-refractivity contribution in [3.63, 3.8) is 0 Å². The van der Waals surface area contributed by atoms with E-state index in [1.165, 1.54) is 5.56 Å². The van der Waals surface area contributed by atoms with E-state index in [4.69, 9.17) is 4.98 Å². The summed E-state index contributed by atoms with van der Waals surface area (Å²) in [7, 11) is 0. The Morgan fingerprint density at radius 1 is 1.00 bits per heavy atom. The largest absolute Gasteiger partial charge is 0.229 e. The zero-order valence-corrected chi connectivity index (χ0v) is 15.1. The van der Waals surface area contributed by atoms with Gasteiger partial charge < -0.3 is 0 Å². The first-order valence-electron chi connectivity index (χ1n) is 7.71. The zero-order valence-electron chi connectivity index (χ0n) is 14.2. The monoisotopic (exact) mass is 326 g/mol. The van der Waals surface area contributed by atoms with Crippen LogP contribution in [-0.2, 0) is 10.2 Å². The molecule has 0 radical (unpaired) electrons. The molecular formula is C18H22N4S. The molecule has 1 aromatic carbocycles. The fourth-order valence-corrected chi connectivity index (χ4v) is 2.47. The van der Waals surface area contributed by atoms with Gasteiger partial charge in [0.05, 0.1) is 22.2 Å². The van der Waals surface area contributed by atoms with Crippen LogP contribution in [0.15, 0.2) is 36.5 Å². The van der Waals surface area contributed by atoms with Gasteiger partial charge in [-0.05, 0) is 49.1 Å². The zero-order chi connectivity index (χ0) is 16.8. The van der Waals surface area contributed by atoms with Crippen LogP contribution in [-0.4, -0.2) is 20.0 Å². The van der Waals surface area contributed by atoms with Crippen LogP contribution in [0, 0.1) is 0 Å². The van der Waals surface area contributed by atoms with Gasteiger partial charge >= 0.3 is 0 Å². The lowest BCUT2D eigenvalue weighted by Gasteiger charge is -2.19. The molecule has 0 unspecified atom stereocenters. The first kappa shape index (κ1) is 16.0. The van der Waals surface area contributed by atoms with E-state index >= 15 is 0 Å². The maximum Gasteiger partial charge on any atom is 0.155 e. The molecule has 2 heterocycles. The van der Waals surface area contributed by atoms with Crippen LogP contribution in [0.3, 0.4) is 0 Å². The van der Waals surface area contributed by atoms with E-state index in [9.17, 15) is 0 Å². The molecule has 120 valence electrons. The number of aromatic nitrogens is 4. The first-order valence-corrected chi connectivity index (χ1v) is 8.16. The first-order chi connectivity index (χ1) is 10.6. The van der Waals surface area contributed by atoms with Gasteiger partial charge in [-0.3, -0.25) is 0 Å². The molecular weight excluding hydrogens is 304 g/mol. The van der Waals surface area contributed by atoms with E-state index < -0.39 is 0 Å². The van der Waals surface area contributed by atoms with Crippen molar-refractivity contribution in [2.75, 3.05) is 0 Å². The summed E-state index contributed by atoms with van der Waals surface area (Å²) in [4.78, 5) is 4.70. The average Bonchev–Trinajstić information content (AvgIpc) is 2.95. The Balaban J connectivity index is 2.02. The molecule has 3 aromatic rings. The second-order valence-corrected chi connectivity index (χ2v) is 8.55. The molecule has 4 nitrogen and oxygen atoms in total.